The van der Waals surface area contributed by atoms with E-state index < -0.39 is 0 Å². The number of halogens is 2. The van der Waals surface area contributed by atoms with Crippen molar-refractivity contribution in [3.63, 3.8) is 0 Å². The zero-order valence-corrected chi connectivity index (χ0v) is 14.3. The van der Waals surface area contributed by atoms with Crippen LogP contribution in [0.15, 0.2) is 60.9 Å². The molecule has 3 aromatic rings. The smallest absolute Gasteiger partial charge is 0.131 e. The first-order chi connectivity index (χ1) is 11.7. The molecule has 0 atom stereocenters. The Morgan fingerprint density at radius 2 is 1.17 bits per heavy atom. The zero-order chi connectivity index (χ0) is 16.8. The summed E-state index contributed by atoms with van der Waals surface area (Å²) in [5, 5.41) is 7.97. The molecule has 1 aromatic heterocycles. The summed E-state index contributed by atoms with van der Waals surface area (Å²) in [4.78, 5) is 8.45. The average Bonchev–Trinajstić information content (AvgIpc) is 2.61. The van der Waals surface area contributed by atoms with E-state index in [9.17, 15) is 0 Å². The molecule has 6 heteroatoms. The van der Waals surface area contributed by atoms with Gasteiger partial charge in [-0.05, 0) is 23.3 Å². The van der Waals surface area contributed by atoms with Gasteiger partial charge in [-0.3, -0.25) is 0 Å². The van der Waals surface area contributed by atoms with Gasteiger partial charge < -0.3 is 10.6 Å². The normalized spacial score (nSPS) is 10.4. The highest BCUT2D eigenvalue weighted by molar-refractivity contribution is 6.31. The summed E-state index contributed by atoms with van der Waals surface area (Å²) in [6.07, 6.45) is 1.52. The van der Waals surface area contributed by atoms with Crippen LogP contribution in [0.1, 0.15) is 11.1 Å². The van der Waals surface area contributed by atoms with E-state index in [1.54, 1.807) is 0 Å². The Kier molecular flexibility index (Phi) is 5.51. The van der Waals surface area contributed by atoms with Gasteiger partial charge in [0.05, 0.1) is 0 Å². The summed E-state index contributed by atoms with van der Waals surface area (Å²) < 4.78 is 0. The molecule has 0 aliphatic carbocycles. The number of nitrogens with zero attached hydrogens (tertiary/aromatic N) is 2. The summed E-state index contributed by atoms with van der Waals surface area (Å²) in [6, 6.07) is 17.3. The maximum atomic E-state index is 6.16. The van der Waals surface area contributed by atoms with Crippen molar-refractivity contribution in [2.75, 3.05) is 10.6 Å². The van der Waals surface area contributed by atoms with Crippen molar-refractivity contribution in [2.24, 2.45) is 0 Å². The van der Waals surface area contributed by atoms with Crippen molar-refractivity contribution >= 4 is 34.8 Å². The largest absolute Gasteiger partial charge is 0.366 e. The molecule has 122 valence electrons. The minimum absolute atomic E-state index is 0.598. The van der Waals surface area contributed by atoms with E-state index in [4.69, 9.17) is 23.2 Å². The molecule has 0 fully saturated rings. The monoisotopic (exact) mass is 358 g/mol. The Bertz CT molecular complexity index is 759. The van der Waals surface area contributed by atoms with Crippen LogP contribution in [0.25, 0.3) is 0 Å². The molecular weight excluding hydrogens is 343 g/mol. The fraction of sp³-hybridized carbons (Fsp3) is 0.111. The summed E-state index contributed by atoms with van der Waals surface area (Å²) in [5.74, 6) is 1.46. The molecule has 0 bridgehead atoms. The lowest BCUT2D eigenvalue weighted by Gasteiger charge is -2.10. The van der Waals surface area contributed by atoms with E-state index in [-0.39, 0.29) is 0 Å². The summed E-state index contributed by atoms with van der Waals surface area (Å²) in [6.45, 7) is 1.20. The van der Waals surface area contributed by atoms with Crippen LogP contribution in [0.3, 0.4) is 0 Å². The molecular formula is C18H16Cl2N4. The molecule has 2 aromatic carbocycles. The number of anilines is 2. The number of hydrogen-bond donors (Lipinski definition) is 2. The van der Waals surface area contributed by atoms with Crippen molar-refractivity contribution in [2.45, 2.75) is 13.1 Å². The van der Waals surface area contributed by atoms with E-state index in [1.807, 2.05) is 54.6 Å². The SMILES string of the molecule is Clc1ccccc1CNc1cc(NCc2ccccc2Cl)ncn1. The molecule has 0 aliphatic heterocycles. The third kappa shape index (κ3) is 4.37. The summed E-state index contributed by atoms with van der Waals surface area (Å²) in [7, 11) is 0. The van der Waals surface area contributed by atoms with E-state index in [0.717, 1.165) is 32.8 Å². The lowest BCUT2D eigenvalue weighted by Crippen LogP contribution is -2.05. The van der Waals surface area contributed by atoms with Crippen LogP contribution in [0, 0.1) is 0 Å². The Morgan fingerprint density at radius 3 is 1.62 bits per heavy atom. The van der Waals surface area contributed by atoms with Gasteiger partial charge in [0.25, 0.3) is 0 Å². The molecule has 1 heterocycles. The molecule has 0 unspecified atom stereocenters. The summed E-state index contributed by atoms with van der Waals surface area (Å²) in [5.41, 5.74) is 2.03. The molecule has 2 N–H and O–H groups in total. The highest BCUT2D eigenvalue weighted by Crippen LogP contribution is 2.18. The second-order valence-electron chi connectivity index (χ2n) is 5.18. The number of rotatable bonds is 6. The molecule has 0 spiro atoms. The topological polar surface area (TPSA) is 49.8 Å². The van der Waals surface area contributed by atoms with Gasteiger partial charge >= 0.3 is 0 Å². The van der Waals surface area contributed by atoms with Gasteiger partial charge in [-0.2, -0.15) is 0 Å². The number of benzene rings is 2. The molecule has 0 aliphatic rings. The highest BCUT2D eigenvalue weighted by Gasteiger charge is 2.03. The molecule has 0 radical (unpaired) electrons. The van der Waals surface area contributed by atoms with Gasteiger partial charge in [-0.25, -0.2) is 9.97 Å². The molecule has 0 saturated carbocycles. The number of nitrogens with one attached hydrogen (secondary N) is 2. The van der Waals surface area contributed by atoms with Gasteiger partial charge in [0.1, 0.15) is 18.0 Å². The van der Waals surface area contributed by atoms with Crippen molar-refractivity contribution in [3.05, 3.63) is 82.1 Å². The minimum Gasteiger partial charge on any atom is -0.366 e. The van der Waals surface area contributed by atoms with Crippen LogP contribution < -0.4 is 10.6 Å². The molecule has 3 rings (SSSR count). The fourth-order valence-corrected chi connectivity index (χ4v) is 2.61. The highest BCUT2D eigenvalue weighted by atomic mass is 35.5. The second kappa shape index (κ2) is 7.99. The van der Waals surface area contributed by atoms with Crippen LogP contribution in [-0.4, -0.2) is 9.97 Å². The second-order valence-corrected chi connectivity index (χ2v) is 5.99. The van der Waals surface area contributed by atoms with E-state index >= 15 is 0 Å². The van der Waals surface area contributed by atoms with Crippen molar-refractivity contribution in [1.82, 2.24) is 9.97 Å². The third-order valence-electron chi connectivity index (χ3n) is 3.50. The Morgan fingerprint density at radius 1 is 0.708 bits per heavy atom. The third-order valence-corrected chi connectivity index (χ3v) is 4.24. The average molecular weight is 359 g/mol. The number of aromatic nitrogens is 2. The minimum atomic E-state index is 0.598. The van der Waals surface area contributed by atoms with Crippen LogP contribution >= 0.6 is 23.2 Å². The Hall–Kier alpha value is -2.30. The van der Waals surface area contributed by atoms with Crippen LogP contribution in [-0.2, 0) is 13.1 Å². The molecule has 0 amide bonds. The predicted molar refractivity (Wildman–Crippen MR) is 99.6 cm³/mol. The molecule has 4 nitrogen and oxygen atoms in total. The van der Waals surface area contributed by atoms with Crippen LogP contribution in [0.5, 0.6) is 0 Å². The number of hydrogen-bond acceptors (Lipinski definition) is 4. The lowest BCUT2D eigenvalue weighted by atomic mass is 10.2. The van der Waals surface area contributed by atoms with Crippen molar-refractivity contribution in [1.29, 1.82) is 0 Å². The van der Waals surface area contributed by atoms with Crippen LogP contribution in [0.4, 0.5) is 11.6 Å². The lowest BCUT2D eigenvalue weighted by molar-refractivity contribution is 1.05. The van der Waals surface area contributed by atoms with Gasteiger partial charge in [0.2, 0.25) is 0 Å². The van der Waals surface area contributed by atoms with Gasteiger partial charge in [0, 0.05) is 29.2 Å². The van der Waals surface area contributed by atoms with Crippen LogP contribution in [0.2, 0.25) is 10.0 Å². The zero-order valence-electron chi connectivity index (χ0n) is 12.8. The Labute approximate surface area is 150 Å². The predicted octanol–water partition coefficient (Wildman–Crippen LogP) is 5.01. The maximum Gasteiger partial charge on any atom is 0.131 e. The first kappa shape index (κ1) is 16.6. The fourth-order valence-electron chi connectivity index (χ4n) is 2.21. The van der Waals surface area contributed by atoms with Crippen molar-refractivity contribution < 1.29 is 0 Å². The van der Waals surface area contributed by atoms with E-state index in [0.29, 0.717) is 13.1 Å². The summed E-state index contributed by atoms with van der Waals surface area (Å²) >= 11 is 12.3. The maximum absolute atomic E-state index is 6.16. The quantitative estimate of drug-likeness (QED) is 0.650. The first-order valence-electron chi connectivity index (χ1n) is 7.49. The van der Waals surface area contributed by atoms with Gasteiger partial charge in [0.15, 0.2) is 0 Å². The Balaban J connectivity index is 1.62. The van der Waals surface area contributed by atoms with E-state index in [2.05, 4.69) is 20.6 Å². The van der Waals surface area contributed by atoms with Crippen molar-refractivity contribution in [3.8, 4) is 0 Å². The first-order valence-corrected chi connectivity index (χ1v) is 8.24. The van der Waals surface area contributed by atoms with Gasteiger partial charge in [-0.1, -0.05) is 59.6 Å². The molecule has 0 saturated heterocycles. The standard InChI is InChI=1S/C18H16Cl2N4/c19-15-7-3-1-5-13(15)10-21-17-9-18(24-12-23-17)22-11-14-6-2-4-8-16(14)20/h1-9,12H,10-11H2,(H2,21,22,23,24). The van der Waals surface area contributed by atoms with E-state index in [1.165, 1.54) is 6.33 Å². The van der Waals surface area contributed by atoms with Gasteiger partial charge in [-0.15, -0.1) is 0 Å². The molecule has 24 heavy (non-hydrogen) atoms.